The number of sulfonamides is 1. The number of hydrogen-bond acceptors (Lipinski definition) is 7. The van der Waals surface area contributed by atoms with Gasteiger partial charge in [0.15, 0.2) is 17.3 Å². The van der Waals surface area contributed by atoms with E-state index >= 15 is 0 Å². The summed E-state index contributed by atoms with van der Waals surface area (Å²) in [5, 5.41) is 17.6. The smallest absolute Gasteiger partial charge is 0.328 e. The average molecular weight is 499 g/mol. The number of hydrogen-bond donors (Lipinski definition) is 2. The Morgan fingerprint density at radius 2 is 1.94 bits per heavy atom. The minimum atomic E-state index is -4.14. The molecule has 3 aromatic rings. The van der Waals surface area contributed by atoms with Crippen LogP contribution in [0.3, 0.4) is 0 Å². The number of nitrogens with one attached hydrogen (secondary N) is 1. The molecule has 0 atom stereocenters. The zero-order valence-corrected chi connectivity index (χ0v) is 20.2. The van der Waals surface area contributed by atoms with Gasteiger partial charge in [-0.2, -0.15) is 0 Å². The largest absolute Gasteiger partial charge is 0.493 e. The first-order valence-corrected chi connectivity index (χ1v) is 12.5. The Hall–Kier alpha value is -3.86. The van der Waals surface area contributed by atoms with Crippen LogP contribution < -0.4 is 14.2 Å². The lowest BCUT2D eigenvalue weighted by atomic mass is 10.2. The molecule has 0 aliphatic carbocycles. The lowest BCUT2D eigenvalue weighted by molar-refractivity contribution is -0.131. The standard InChI is InChI=1S/C24H26N4O6S/c1-33-19-13-16(10-11-22(29)30)14-20(23(19)34-2)35(31,32)27-18-8-6-7-17(15-18)24-26-25-21-9-4-3-5-12-28(21)24/h6-8,10-11,13-15,27H,3-5,9,12H2,1-2H3,(H,29,30). The maximum atomic E-state index is 13.4. The van der Waals surface area contributed by atoms with Crippen LogP contribution in [0.25, 0.3) is 17.5 Å². The predicted octanol–water partition coefficient (Wildman–Crippen LogP) is 3.59. The van der Waals surface area contributed by atoms with Crippen molar-refractivity contribution in [2.75, 3.05) is 18.9 Å². The molecule has 0 saturated heterocycles. The maximum Gasteiger partial charge on any atom is 0.328 e. The second kappa shape index (κ2) is 10.2. The van der Waals surface area contributed by atoms with E-state index in [0.29, 0.717) is 17.1 Å². The number of aryl methyl sites for hydroxylation is 1. The Morgan fingerprint density at radius 3 is 2.69 bits per heavy atom. The number of fused-ring (bicyclic) bond motifs is 1. The molecule has 35 heavy (non-hydrogen) atoms. The van der Waals surface area contributed by atoms with Crippen molar-refractivity contribution in [3.8, 4) is 22.9 Å². The lowest BCUT2D eigenvalue weighted by Crippen LogP contribution is -2.15. The molecule has 0 unspecified atom stereocenters. The number of anilines is 1. The second-order valence-electron chi connectivity index (χ2n) is 8.01. The summed E-state index contributed by atoms with van der Waals surface area (Å²) in [6.07, 6.45) is 6.31. The highest BCUT2D eigenvalue weighted by molar-refractivity contribution is 7.92. The van der Waals surface area contributed by atoms with Crippen LogP contribution >= 0.6 is 0 Å². The van der Waals surface area contributed by atoms with Crippen LogP contribution in [0.5, 0.6) is 11.5 Å². The van der Waals surface area contributed by atoms with E-state index in [1.54, 1.807) is 18.2 Å². The number of methoxy groups -OCH3 is 2. The van der Waals surface area contributed by atoms with Gasteiger partial charge in [0.2, 0.25) is 0 Å². The van der Waals surface area contributed by atoms with Gasteiger partial charge in [0.1, 0.15) is 10.7 Å². The number of carboxylic acid groups (broad SMARTS) is 1. The molecule has 1 aliphatic rings. The molecule has 0 bridgehead atoms. The monoisotopic (exact) mass is 498 g/mol. The number of nitrogens with zero attached hydrogens (tertiary/aromatic N) is 3. The molecule has 184 valence electrons. The van der Waals surface area contributed by atoms with Crippen molar-refractivity contribution < 1.29 is 27.8 Å². The molecule has 10 nitrogen and oxygen atoms in total. The van der Waals surface area contributed by atoms with Gasteiger partial charge in [-0.05, 0) is 48.7 Å². The van der Waals surface area contributed by atoms with Crippen LogP contribution in [-0.2, 0) is 27.8 Å². The predicted molar refractivity (Wildman–Crippen MR) is 130 cm³/mol. The van der Waals surface area contributed by atoms with Crippen LogP contribution in [0.15, 0.2) is 47.4 Å². The molecular formula is C24H26N4O6S. The van der Waals surface area contributed by atoms with Crippen LogP contribution in [0.1, 0.15) is 30.7 Å². The highest BCUT2D eigenvalue weighted by atomic mass is 32.2. The minimum Gasteiger partial charge on any atom is -0.493 e. The zero-order valence-electron chi connectivity index (χ0n) is 19.4. The SMILES string of the molecule is COc1cc(C=CC(=O)O)cc(S(=O)(=O)Nc2cccc(-c3nnc4n3CCCCC4)c2)c1OC. The van der Waals surface area contributed by atoms with Gasteiger partial charge in [-0.25, -0.2) is 13.2 Å². The normalized spacial score (nSPS) is 13.8. The molecule has 4 rings (SSSR count). The van der Waals surface area contributed by atoms with Crippen molar-refractivity contribution in [3.05, 3.63) is 53.9 Å². The third-order valence-electron chi connectivity index (χ3n) is 5.66. The van der Waals surface area contributed by atoms with Crippen molar-refractivity contribution in [2.45, 2.75) is 37.1 Å². The summed E-state index contributed by atoms with van der Waals surface area (Å²) in [6.45, 7) is 0.821. The maximum absolute atomic E-state index is 13.4. The van der Waals surface area contributed by atoms with E-state index in [-0.39, 0.29) is 16.4 Å². The topological polar surface area (TPSA) is 133 Å². The first kappa shape index (κ1) is 24.3. The Kier molecular flexibility index (Phi) is 7.06. The fourth-order valence-corrected chi connectivity index (χ4v) is 5.31. The van der Waals surface area contributed by atoms with Crippen LogP contribution in [0.2, 0.25) is 0 Å². The Balaban J connectivity index is 1.71. The van der Waals surface area contributed by atoms with Crippen LogP contribution in [-0.4, -0.2) is 48.5 Å². The summed E-state index contributed by atoms with van der Waals surface area (Å²) < 4.78 is 42.1. The first-order valence-electron chi connectivity index (χ1n) is 11.0. The Labute approximate surface area is 203 Å². The average Bonchev–Trinajstić information content (AvgIpc) is 3.10. The van der Waals surface area contributed by atoms with Gasteiger partial charge < -0.3 is 19.1 Å². The summed E-state index contributed by atoms with van der Waals surface area (Å²) >= 11 is 0. The van der Waals surface area contributed by atoms with Crippen molar-refractivity contribution in [1.29, 1.82) is 0 Å². The number of aromatic nitrogens is 3. The third kappa shape index (κ3) is 5.29. The molecule has 1 aromatic heterocycles. The summed E-state index contributed by atoms with van der Waals surface area (Å²) in [6, 6.07) is 9.77. The molecule has 2 N–H and O–H groups in total. The third-order valence-corrected chi connectivity index (χ3v) is 7.04. The lowest BCUT2D eigenvalue weighted by Gasteiger charge is -2.16. The fourth-order valence-electron chi connectivity index (χ4n) is 4.04. The van der Waals surface area contributed by atoms with Crippen molar-refractivity contribution in [3.63, 3.8) is 0 Å². The molecule has 1 aliphatic heterocycles. The van der Waals surface area contributed by atoms with Crippen molar-refractivity contribution >= 4 is 27.8 Å². The Bertz CT molecular complexity index is 1380. The number of benzene rings is 2. The van der Waals surface area contributed by atoms with E-state index in [1.807, 2.05) is 6.07 Å². The second-order valence-corrected chi connectivity index (χ2v) is 9.67. The molecule has 2 aromatic carbocycles. The molecule has 0 amide bonds. The van der Waals surface area contributed by atoms with Crippen molar-refractivity contribution in [1.82, 2.24) is 14.8 Å². The fraction of sp³-hybridized carbons (Fsp3) is 0.292. The summed E-state index contributed by atoms with van der Waals surface area (Å²) in [7, 11) is -1.43. The highest BCUT2D eigenvalue weighted by Gasteiger charge is 2.24. The number of carboxylic acids is 1. The van der Waals surface area contributed by atoms with E-state index in [2.05, 4.69) is 19.5 Å². The quantitative estimate of drug-likeness (QED) is 0.450. The molecule has 0 saturated carbocycles. The number of ether oxygens (including phenoxy) is 2. The minimum absolute atomic E-state index is 0.00593. The summed E-state index contributed by atoms with van der Waals surface area (Å²) in [4.78, 5) is 10.7. The Morgan fingerprint density at radius 1 is 1.11 bits per heavy atom. The summed E-state index contributed by atoms with van der Waals surface area (Å²) in [5.41, 5.74) is 1.40. The summed E-state index contributed by atoms with van der Waals surface area (Å²) in [5.74, 6) is 0.631. The number of rotatable bonds is 8. The van der Waals surface area contributed by atoms with Gasteiger partial charge in [0.25, 0.3) is 10.0 Å². The van der Waals surface area contributed by atoms with Gasteiger partial charge in [-0.15, -0.1) is 10.2 Å². The van der Waals surface area contributed by atoms with Gasteiger partial charge in [-0.3, -0.25) is 4.72 Å². The van der Waals surface area contributed by atoms with E-state index in [9.17, 15) is 13.2 Å². The van der Waals surface area contributed by atoms with E-state index < -0.39 is 16.0 Å². The molecule has 0 spiro atoms. The number of aliphatic carboxylic acids is 1. The van der Waals surface area contributed by atoms with Crippen LogP contribution in [0, 0.1) is 0 Å². The van der Waals surface area contributed by atoms with Gasteiger partial charge in [0, 0.05) is 30.3 Å². The number of carbonyl (C=O) groups is 1. The van der Waals surface area contributed by atoms with E-state index in [4.69, 9.17) is 14.6 Å². The van der Waals surface area contributed by atoms with E-state index in [1.165, 1.54) is 32.4 Å². The first-order chi connectivity index (χ1) is 16.8. The molecule has 11 heteroatoms. The van der Waals surface area contributed by atoms with Crippen LogP contribution in [0.4, 0.5) is 5.69 Å². The molecule has 2 heterocycles. The van der Waals surface area contributed by atoms with Crippen molar-refractivity contribution in [2.24, 2.45) is 0 Å². The highest BCUT2D eigenvalue weighted by Crippen LogP contribution is 2.37. The van der Waals surface area contributed by atoms with Gasteiger partial charge in [-0.1, -0.05) is 18.6 Å². The molecule has 0 radical (unpaired) electrons. The zero-order chi connectivity index (χ0) is 25.0. The van der Waals surface area contributed by atoms with E-state index in [0.717, 1.165) is 49.7 Å². The molecule has 0 fully saturated rings. The van der Waals surface area contributed by atoms with Gasteiger partial charge >= 0.3 is 5.97 Å². The van der Waals surface area contributed by atoms with Gasteiger partial charge in [0.05, 0.1) is 14.2 Å². The molecular weight excluding hydrogens is 472 g/mol.